The molecular weight excluding hydrogens is 288 g/mol. The minimum Gasteiger partial charge on any atom is -0.444 e. The maximum atomic E-state index is 12.3. The van der Waals surface area contributed by atoms with Crippen LogP contribution in [-0.4, -0.2) is 34.2 Å². The lowest BCUT2D eigenvalue weighted by atomic mass is 9.92. The highest BCUT2D eigenvalue weighted by molar-refractivity contribution is 6.29. The monoisotopic (exact) mass is 308 g/mol. The average molecular weight is 309 g/mol. The SMILES string of the molecule is CC(C)(C)OC(=O)N1C[C@H]2C[C@@H]1[C@H](c1ccc(Cl)nc1)C2. The van der Waals surface area contributed by atoms with Crippen molar-refractivity contribution in [1.82, 2.24) is 9.88 Å². The van der Waals surface area contributed by atoms with Crippen molar-refractivity contribution >= 4 is 17.7 Å². The maximum Gasteiger partial charge on any atom is 0.410 e. The molecule has 1 aliphatic heterocycles. The number of carbonyl (C=O) groups is 1. The van der Waals surface area contributed by atoms with Crippen LogP contribution in [0.15, 0.2) is 18.3 Å². The van der Waals surface area contributed by atoms with E-state index >= 15 is 0 Å². The molecule has 1 saturated carbocycles. The fraction of sp³-hybridized carbons (Fsp3) is 0.625. The quantitative estimate of drug-likeness (QED) is 0.740. The summed E-state index contributed by atoms with van der Waals surface area (Å²) in [6.07, 6.45) is 3.82. The van der Waals surface area contributed by atoms with Gasteiger partial charge in [-0.25, -0.2) is 9.78 Å². The molecule has 1 amide bonds. The van der Waals surface area contributed by atoms with Gasteiger partial charge in [0.15, 0.2) is 0 Å². The lowest BCUT2D eigenvalue weighted by molar-refractivity contribution is 0.0170. The van der Waals surface area contributed by atoms with Crippen molar-refractivity contribution < 1.29 is 9.53 Å². The van der Waals surface area contributed by atoms with E-state index in [9.17, 15) is 4.79 Å². The number of carbonyl (C=O) groups excluding carboxylic acids is 1. The summed E-state index contributed by atoms with van der Waals surface area (Å²) in [5.74, 6) is 0.921. The molecule has 1 aromatic rings. The van der Waals surface area contributed by atoms with Gasteiger partial charge in [0.05, 0.1) is 0 Å². The summed E-state index contributed by atoms with van der Waals surface area (Å²) in [6.45, 7) is 6.52. The lowest BCUT2D eigenvalue weighted by Crippen LogP contribution is -2.44. The predicted octanol–water partition coefficient (Wildman–Crippen LogP) is 3.85. The molecule has 2 fully saturated rings. The molecule has 0 spiro atoms. The number of fused-ring (bicyclic) bond motifs is 2. The highest BCUT2D eigenvalue weighted by atomic mass is 35.5. The van der Waals surface area contributed by atoms with E-state index in [0.717, 1.165) is 19.4 Å². The number of amides is 1. The van der Waals surface area contributed by atoms with Gasteiger partial charge in [0, 0.05) is 24.7 Å². The minimum atomic E-state index is -0.448. The van der Waals surface area contributed by atoms with Crippen LogP contribution < -0.4 is 0 Å². The van der Waals surface area contributed by atoms with E-state index in [2.05, 4.69) is 4.98 Å². The van der Waals surface area contributed by atoms with Gasteiger partial charge >= 0.3 is 6.09 Å². The molecule has 2 heterocycles. The molecular formula is C16H21ClN2O2. The van der Waals surface area contributed by atoms with Gasteiger partial charge in [-0.05, 0) is 51.2 Å². The van der Waals surface area contributed by atoms with Crippen molar-refractivity contribution in [2.75, 3.05) is 6.54 Å². The molecule has 1 aliphatic carbocycles. The van der Waals surface area contributed by atoms with E-state index in [-0.39, 0.29) is 12.1 Å². The Morgan fingerprint density at radius 3 is 2.71 bits per heavy atom. The zero-order valence-corrected chi connectivity index (χ0v) is 13.4. The zero-order chi connectivity index (χ0) is 15.2. The number of nitrogens with zero attached hydrogens (tertiary/aromatic N) is 2. The molecule has 4 nitrogen and oxygen atoms in total. The normalized spacial score (nSPS) is 28.0. The van der Waals surface area contributed by atoms with Crippen molar-refractivity contribution in [3.8, 4) is 0 Å². The maximum absolute atomic E-state index is 12.3. The van der Waals surface area contributed by atoms with Gasteiger partial charge in [-0.2, -0.15) is 0 Å². The van der Waals surface area contributed by atoms with Crippen LogP contribution in [0.25, 0.3) is 0 Å². The standard InChI is InChI=1S/C16H21ClN2O2/c1-16(2,3)21-15(20)19-9-10-6-12(13(19)7-10)11-4-5-14(17)18-8-11/h4-5,8,10,12-13H,6-7,9H2,1-3H3/t10-,12+,13-/m1/s1. The molecule has 2 bridgehead atoms. The van der Waals surface area contributed by atoms with Crippen LogP contribution in [-0.2, 0) is 4.74 Å². The molecule has 114 valence electrons. The highest BCUT2D eigenvalue weighted by Crippen LogP contribution is 2.47. The van der Waals surface area contributed by atoms with Gasteiger partial charge in [-0.1, -0.05) is 17.7 Å². The summed E-state index contributed by atoms with van der Waals surface area (Å²) in [6, 6.07) is 4.07. The summed E-state index contributed by atoms with van der Waals surface area (Å²) in [5.41, 5.74) is 0.719. The largest absolute Gasteiger partial charge is 0.444 e. The Balaban J connectivity index is 1.75. The predicted molar refractivity (Wildman–Crippen MR) is 81.4 cm³/mol. The van der Waals surface area contributed by atoms with Crippen molar-refractivity contribution in [3.63, 3.8) is 0 Å². The summed E-state index contributed by atoms with van der Waals surface area (Å²) in [5, 5.41) is 0.505. The number of hydrogen-bond donors (Lipinski definition) is 0. The van der Waals surface area contributed by atoms with Gasteiger partial charge in [0.1, 0.15) is 10.8 Å². The molecule has 2 aliphatic rings. The molecule has 0 unspecified atom stereocenters. The Kier molecular flexibility index (Phi) is 3.60. The molecule has 0 radical (unpaired) electrons. The molecule has 0 N–H and O–H groups in total. The van der Waals surface area contributed by atoms with Crippen molar-refractivity contribution in [3.05, 3.63) is 29.0 Å². The summed E-state index contributed by atoms with van der Waals surface area (Å²) >= 11 is 5.85. The van der Waals surface area contributed by atoms with Gasteiger partial charge in [-0.15, -0.1) is 0 Å². The van der Waals surface area contributed by atoms with E-state index in [1.807, 2.05) is 44.0 Å². The third-order valence-electron chi connectivity index (χ3n) is 4.29. The fourth-order valence-corrected chi connectivity index (χ4v) is 3.63. The first-order valence-corrected chi connectivity index (χ1v) is 7.82. The molecule has 3 rings (SSSR count). The van der Waals surface area contributed by atoms with Gasteiger partial charge < -0.3 is 9.64 Å². The summed E-state index contributed by atoms with van der Waals surface area (Å²) < 4.78 is 5.53. The fourth-order valence-electron chi connectivity index (χ4n) is 3.52. The van der Waals surface area contributed by atoms with E-state index < -0.39 is 5.60 Å². The first-order valence-electron chi connectivity index (χ1n) is 7.44. The number of rotatable bonds is 1. The van der Waals surface area contributed by atoms with Crippen molar-refractivity contribution in [2.45, 2.75) is 51.2 Å². The van der Waals surface area contributed by atoms with E-state index in [0.29, 0.717) is 17.0 Å². The smallest absolute Gasteiger partial charge is 0.410 e. The number of piperidine rings is 1. The molecule has 5 heteroatoms. The Bertz CT molecular complexity index is 538. The van der Waals surface area contributed by atoms with Crippen LogP contribution in [0, 0.1) is 5.92 Å². The lowest BCUT2D eigenvalue weighted by Gasteiger charge is -2.34. The number of pyridine rings is 1. The summed E-state index contributed by atoms with van der Waals surface area (Å²) in [4.78, 5) is 18.4. The Morgan fingerprint density at radius 1 is 1.38 bits per heavy atom. The van der Waals surface area contributed by atoms with Crippen LogP contribution in [0.2, 0.25) is 5.15 Å². The van der Waals surface area contributed by atoms with E-state index in [4.69, 9.17) is 16.3 Å². The third-order valence-corrected chi connectivity index (χ3v) is 4.51. The van der Waals surface area contributed by atoms with Crippen LogP contribution in [0.5, 0.6) is 0 Å². The Morgan fingerprint density at radius 2 is 2.14 bits per heavy atom. The van der Waals surface area contributed by atoms with Gasteiger partial charge in [-0.3, -0.25) is 0 Å². The first kappa shape index (κ1) is 14.6. The van der Waals surface area contributed by atoms with Crippen LogP contribution in [0.1, 0.15) is 45.1 Å². The molecule has 1 saturated heterocycles. The molecule has 3 atom stereocenters. The third kappa shape index (κ3) is 3.00. The van der Waals surface area contributed by atoms with Crippen LogP contribution in [0.4, 0.5) is 4.79 Å². The molecule has 1 aromatic heterocycles. The number of aromatic nitrogens is 1. The summed E-state index contributed by atoms with van der Waals surface area (Å²) in [7, 11) is 0. The number of likely N-dealkylation sites (tertiary alicyclic amines) is 1. The zero-order valence-electron chi connectivity index (χ0n) is 12.7. The first-order chi connectivity index (χ1) is 9.83. The topological polar surface area (TPSA) is 42.4 Å². The number of hydrogen-bond acceptors (Lipinski definition) is 3. The second-order valence-electron chi connectivity index (χ2n) is 7.06. The highest BCUT2D eigenvalue weighted by Gasteiger charge is 2.48. The van der Waals surface area contributed by atoms with Crippen molar-refractivity contribution in [1.29, 1.82) is 0 Å². The van der Waals surface area contributed by atoms with Crippen molar-refractivity contribution in [2.24, 2.45) is 5.92 Å². The second kappa shape index (κ2) is 5.16. The van der Waals surface area contributed by atoms with Gasteiger partial charge in [0.25, 0.3) is 0 Å². The molecule has 21 heavy (non-hydrogen) atoms. The average Bonchev–Trinajstić information content (AvgIpc) is 2.97. The minimum absolute atomic E-state index is 0.193. The van der Waals surface area contributed by atoms with Crippen LogP contribution in [0.3, 0.4) is 0 Å². The number of halogens is 1. The number of ether oxygens (including phenoxy) is 1. The van der Waals surface area contributed by atoms with E-state index in [1.54, 1.807) is 0 Å². The molecule has 0 aromatic carbocycles. The Labute approximate surface area is 130 Å². The van der Waals surface area contributed by atoms with Crippen LogP contribution >= 0.6 is 11.6 Å². The van der Waals surface area contributed by atoms with E-state index in [1.165, 1.54) is 5.56 Å². The Hall–Kier alpha value is -1.29. The second-order valence-corrected chi connectivity index (χ2v) is 7.45. The van der Waals surface area contributed by atoms with Gasteiger partial charge in [0.2, 0.25) is 0 Å².